The van der Waals surface area contributed by atoms with Crippen LogP contribution >= 0.6 is 0 Å². The summed E-state index contributed by atoms with van der Waals surface area (Å²) in [5, 5.41) is 8.34. The van der Waals surface area contributed by atoms with Crippen molar-refractivity contribution >= 4 is 0 Å². The minimum absolute atomic E-state index is 0.247. The fourth-order valence-electron chi connectivity index (χ4n) is 0.433. The molecule has 0 aromatic heterocycles. The molecular formula is C7H13O2. The average molecular weight is 129 g/mol. The van der Waals surface area contributed by atoms with Crippen LogP contribution in [0.3, 0.4) is 0 Å². The summed E-state index contributed by atoms with van der Waals surface area (Å²) in [6, 6.07) is 0. The highest BCUT2D eigenvalue weighted by molar-refractivity contribution is 4.76. The first kappa shape index (κ1) is 8.66. The summed E-state index contributed by atoms with van der Waals surface area (Å²) in [5.74, 6) is 0. The molecule has 0 aliphatic carbocycles. The third kappa shape index (κ3) is 7.66. The van der Waals surface area contributed by atoms with Crippen molar-refractivity contribution in [3.63, 3.8) is 0 Å². The average Bonchev–Trinajstić information content (AvgIpc) is 1.89. The number of aliphatic hydroxyl groups excluding tert-OH is 1. The summed E-state index contributed by atoms with van der Waals surface area (Å²) >= 11 is 0. The lowest BCUT2D eigenvalue weighted by molar-refractivity contribution is 0.195. The van der Waals surface area contributed by atoms with E-state index in [1.165, 1.54) is 0 Å². The van der Waals surface area contributed by atoms with Gasteiger partial charge in [0.25, 0.3) is 0 Å². The van der Waals surface area contributed by atoms with Gasteiger partial charge in [-0.25, -0.2) is 0 Å². The SMILES string of the molecule is C=C[CH]OCCCCO. The van der Waals surface area contributed by atoms with Crippen LogP contribution in [0.4, 0.5) is 0 Å². The maximum Gasteiger partial charge on any atom is 0.105 e. The second kappa shape index (κ2) is 7.66. The monoisotopic (exact) mass is 129 g/mol. The summed E-state index contributed by atoms with van der Waals surface area (Å²) in [6.45, 7) is 5.92. The Hall–Kier alpha value is -0.340. The summed E-state index contributed by atoms with van der Waals surface area (Å²) < 4.78 is 4.93. The van der Waals surface area contributed by atoms with Gasteiger partial charge in [-0.2, -0.15) is 0 Å². The van der Waals surface area contributed by atoms with Crippen LogP contribution in [0.25, 0.3) is 0 Å². The zero-order valence-corrected chi connectivity index (χ0v) is 5.55. The molecule has 0 aliphatic heterocycles. The van der Waals surface area contributed by atoms with Crippen LogP contribution in [0.5, 0.6) is 0 Å². The van der Waals surface area contributed by atoms with Gasteiger partial charge < -0.3 is 9.84 Å². The minimum atomic E-state index is 0.247. The zero-order valence-electron chi connectivity index (χ0n) is 5.55. The van der Waals surface area contributed by atoms with Gasteiger partial charge in [0, 0.05) is 13.2 Å². The molecule has 0 atom stereocenters. The smallest absolute Gasteiger partial charge is 0.105 e. The third-order valence-electron chi connectivity index (χ3n) is 0.863. The van der Waals surface area contributed by atoms with Gasteiger partial charge in [-0.3, -0.25) is 0 Å². The molecule has 0 spiro atoms. The second-order valence-electron chi connectivity index (χ2n) is 1.67. The van der Waals surface area contributed by atoms with E-state index in [0.717, 1.165) is 12.8 Å². The fraction of sp³-hybridized carbons (Fsp3) is 0.571. The van der Waals surface area contributed by atoms with Crippen molar-refractivity contribution in [2.75, 3.05) is 13.2 Å². The first-order valence-corrected chi connectivity index (χ1v) is 3.08. The van der Waals surface area contributed by atoms with E-state index in [0.29, 0.717) is 6.61 Å². The van der Waals surface area contributed by atoms with Gasteiger partial charge in [0.15, 0.2) is 0 Å². The Morgan fingerprint density at radius 3 is 2.78 bits per heavy atom. The highest BCUT2D eigenvalue weighted by Gasteiger charge is 1.84. The Bertz CT molecular complexity index is 61.9. The Morgan fingerprint density at radius 2 is 2.22 bits per heavy atom. The number of ether oxygens (including phenoxy) is 1. The molecule has 1 N–H and O–H groups in total. The first-order chi connectivity index (χ1) is 4.41. The molecule has 0 saturated heterocycles. The molecular weight excluding hydrogens is 116 g/mol. The van der Waals surface area contributed by atoms with E-state index in [-0.39, 0.29) is 6.61 Å². The lowest BCUT2D eigenvalue weighted by Gasteiger charge is -1.96. The number of aliphatic hydroxyl groups is 1. The molecule has 53 valence electrons. The molecule has 0 rings (SSSR count). The normalized spacial score (nSPS) is 9.44. The molecule has 0 bridgehead atoms. The Morgan fingerprint density at radius 1 is 1.44 bits per heavy atom. The van der Waals surface area contributed by atoms with Crippen molar-refractivity contribution in [1.29, 1.82) is 0 Å². The van der Waals surface area contributed by atoms with Crippen molar-refractivity contribution in [1.82, 2.24) is 0 Å². The van der Waals surface area contributed by atoms with E-state index in [1.54, 1.807) is 12.7 Å². The molecule has 0 fully saturated rings. The van der Waals surface area contributed by atoms with Crippen LogP contribution in [0.15, 0.2) is 12.7 Å². The lowest BCUT2D eigenvalue weighted by Crippen LogP contribution is -1.91. The van der Waals surface area contributed by atoms with E-state index in [4.69, 9.17) is 9.84 Å². The maximum atomic E-state index is 8.34. The predicted molar refractivity (Wildman–Crippen MR) is 36.8 cm³/mol. The maximum absolute atomic E-state index is 8.34. The molecule has 0 aliphatic rings. The largest absolute Gasteiger partial charge is 0.396 e. The van der Waals surface area contributed by atoms with Crippen molar-refractivity contribution in [3.05, 3.63) is 19.3 Å². The van der Waals surface area contributed by atoms with Crippen LogP contribution in [-0.4, -0.2) is 18.3 Å². The topological polar surface area (TPSA) is 29.5 Å². The van der Waals surface area contributed by atoms with Gasteiger partial charge in [0.1, 0.15) is 6.61 Å². The van der Waals surface area contributed by atoms with E-state index in [1.807, 2.05) is 0 Å². The molecule has 0 heterocycles. The standard InChI is InChI=1S/C7H13O2/c1-2-6-9-7-4-3-5-8/h2,6,8H,1,3-5,7H2. The molecule has 0 unspecified atom stereocenters. The molecule has 0 amide bonds. The molecule has 0 saturated carbocycles. The van der Waals surface area contributed by atoms with E-state index in [9.17, 15) is 0 Å². The summed E-state index contributed by atoms with van der Waals surface area (Å²) in [7, 11) is 0. The summed E-state index contributed by atoms with van der Waals surface area (Å²) in [5.41, 5.74) is 0. The molecule has 0 aromatic rings. The van der Waals surface area contributed by atoms with Crippen LogP contribution in [0, 0.1) is 6.61 Å². The van der Waals surface area contributed by atoms with Crippen LogP contribution in [0.1, 0.15) is 12.8 Å². The number of unbranched alkanes of at least 4 members (excludes halogenated alkanes) is 1. The number of rotatable bonds is 6. The third-order valence-corrected chi connectivity index (χ3v) is 0.863. The summed E-state index contributed by atoms with van der Waals surface area (Å²) in [4.78, 5) is 0. The highest BCUT2D eigenvalue weighted by Crippen LogP contribution is 1.90. The van der Waals surface area contributed by atoms with Gasteiger partial charge in [-0.15, -0.1) is 6.58 Å². The lowest BCUT2D eigenvalue weighted by atomic mass is 10.3. The zero-order chi connectivity index (χ0) is 6.95. The number of hydrogen-bond acceptors (Lipinski definition) is 2. The Kier molecular flexibility index (Phi) is 7.37. The van der Waals surface area contributed by atoms with Gasteiger partial charge >= 0.3 is 0 Å². The Labute approximate surface area is 56.1 Å². The highest BCUT2D eigenvalue weighted by atomic mass is 16.5. The molecule has 2 nitrogen and oxygen atoms in total. The number of hydrogen-bond donors (Lipinski definition) is 1. The van der Waals surface area contributed by atoms with Gasteiger partial charge in [-0.05, 0) is 12.8 Å². The van der Waals surface area contributed by atoms with Gasteiger partial charge in [-0.1, -0.05) is 6.08 Å². The predicted octanol–water partition coefficient (Wildman–Crippen LogP) is 1.12. The minimum Gasteiger partial charge on any atom is -0.396 e. The van der Waals surface area contributed by atoms with Crippen LogP contribution < -0.4 is 0 Å². The quantitative estimate of drug-likeness (QED) is 0.544. The van der Waals surface area contributed by atoms with E-state index < -0.39 is 0 Å². The van der Waals surface area contributed by atoms with Crippen LogP contribution in [-0.2, 0) is 4.74 Å². The Balaban J connectivity index is 2.66. The van der Waals surface area contributed by atoms with E-state index >= 15 is 0 Å². The fourth-order valence-corrected chi connectivity index (χ4v) is 0.433. The molecule has 0 aromatic carbocycles. The van der Waals surface area contributed by atoms with Gasteiger partial charge in [0.2, 0.25) is 0 Å². The van der Waals surface area contributed by atoms with Gasteiger partial charge in [0.05, 0.1) is 0 Å². The van der Waals surface area contributed by atoms with Crippen LogP contribution in [0.2, 0.25) is 0 Å². The molecule has 2 heteroatoms. The van der Waals surface area contributed by atoms with Crippen molar-refractivity contribution in [2.45, 2.75) is 12.8 Å². The summed E-state index contributed by atoms with van der Waals surface area (Å²) in [6.07, 6.45) is 3.31. The molecule has 9 heavy (non-hydrogen) atoms. The van der Waals surface area contributed by atoms with Crippen molar-refractivity contribution in [3.8, 4) is 0 Å². The van der Waals surface area contributed by atoms with Crippen molar-refractivity contribution < 1.29 is 9.84 Å². The molecule has 1 radical (unpaired) electrons. The van der Waals surface area contributed by atoms with Crippen molar-refractivity contribution in [2.24, 2.45) is 0 Å². The first-order valence-electron chi connectivity index (χ1n) is 3.08. The second-order valence-corrected chi connectivity index (χ2v) is 1.67. The van der Waals surface area contributed by atoms with E-state index in [2.05, 4.69) is 6.58 Å².